The molecule has 0 unspecified atom stereocenters. The molecule has 0 aliphatic heterocycles. The fraction of sp³-hybridized carbons (Fsp3) is 0.429. The predicted octanol–water partition coefficient (Wildman–Crippen LogP) is 3.02. The number of hydrogen-bond acceptors (Lipinski definition) is 4. The van der Waals surface area contributed by atoms with Gasteiger partial charge in [0.15, 0.2) is 9.84 Å². The van der Waals surface area contributed by atoms with Crippen LogP contribution in [-0.2, 0) is 9.84 Å². The van der Waals surface area contributed by atoms with Crippen LogP contribution in [0.5, 0.6) is 0 Å². The molecule has 0 atom stereocenters. The minimum atomic E-state index is -3.23. The van der Waals surface area contributed by atoms with Gasteiger partial charge in [0, 0.05) is 17.2 Å². The van der Waals surface area contributed by atoms with Crippen molar-refractivity contribution < 1.29 is 12.8 Å². The molecule has 0 aliphatic carbocycles. The van der Waals surface area contributed by atoms with Crippen LogP contribution in [0.4, 0.5) is 4.39 Å². The number of rotatable bonds is 7. The van der Waals surface area contributed by atoms with E-state index in [1.165, 1.54) is 17.8 Å². The average molecular weight is 317 g/mol. The maximum Gasteiger partial charge on any atom is 0.178 e. The summed E-state index contributed by atoms with van der Waals surface area (Å²) in [5.41, 5.74) is 5.21. The molecule has 0 spiro atoms. The molecule has 0 aromatic heterocycles. The molecule has 0 saturated heterocycles. The highest BCUT2D eigenvalue weighted by Crippen LogP contribution is 2.23. The molecule has 3 nitrogen and oxygen atoms in total. The Balaban J connectivity index is 2.72. The first-order chi connectivity index (χ1) is 9.35. The van der Waals surface area contributed by atoms with Gasteiger partial charge in [-0.3, -0.25) is 0 Å². The van der Waals surface area contributed by atoms with Gasteiger partial charge in [0.25, 0.3) is 0 Å². The van der Waals surface area contributed by atoms with Crippen molar-refractivity contribution in [3.8, 4) is 0 Å². The Kier molecular flexibility index (Phi) is 6.71. The highest BCUT2D eigenvalue weighted by Gasteiger charge is 2.16. The van der Waals surface area contributed by atoms with Gasteiger partial charge in [-0.2, -0.15) is 0 Å². The van der Waals surface area contributed by atoms with E-state index in [1.807, 2.05) is 13.8 Å². The Hall–Kier alpha value is -0.850. The highest BCUT2D eigenvalue weighted by atomic mass is 32.2. The molecule has 1 aromatic rings. The summed E-state index contributed by atoms with van der Waals surface area (Å²) in [4.78, 5) is 1.14. The van der Waals surface area contributed by atoms with E-state index >= 15 is 0 Å². The molecule has 0 bridgehead atoms. The maximum absolute atomic E-state index is 13.2. The van der Waals surface area contributed by atoms with Crippen LogP contribution in [0.2, 0.25) is 0 Å². The molecule has 20 heavy (non-hydrogen) atoms. The second kappa shape index (κ2) is 7.81. The smallest absolute Gasteiger partial charge is 0.178 e. The summed E-state index contributed by atoms with van der Waals surface area (Å²) in [5, 5.41) is 0. The first kappa shape index (κ1) is 17.2. The van der Waals surface area contributed by atoms with Gasteiger partial charge in [-0.15, -0.1) is 11.8 Å². The van der Waals surface area contributed by atoms with Crippen LogP contribution in [0.3, 0.4) is 0 Å². The number of nitrogens with two attached hydrogens (primary N) is 1. The van der Waals surface area contributed by atoms with E-state index in [-0.39, 0.29) is 29.8 Å². The van der Waals surface area contributed by atoms with E-state index in [1.54, 1.807) is 24.3 Å². The second-order valence-corrected chi connectivity index (χ2v) is 7.91. The number of sulfone groups is 1. The van der Waals surface area contributed by atoms with Crippen molar-refractivity contribution in [2.75, 3.05) is 18.1 Å². The van der Waals surface area contributed by atoms with Crippen LogP contribution in [0.1, 0.15) is 13.8 Å². The molecule has 0 radical (unpaired) electrons. The molecule has 0 aliphatic rings. The van der Waals surface area contributed by atoms with Crippen LogP contribution in [0, 0.1) is 5.92 Å². The molecule has 0 heterocycles. The van der Waals surface area contributed by atoms with E-state index in [2.05, 4.69) is 0 Å². The minimum Gasteiger partial charge on any atom is -0.327 e. The third-order valence-corrected chi connectivity index (χ3v) is 5.57. The lowest BCUT2D eigenvalue weighted by molar-refractivity contribution is 0.582. The minimum absolute atomic E-state index is 0.0875. The lowest BCUT2D eigenvalue weighted by Gasteiger charge is -2.07. The molecular formula is C14H20FNO2S2. The lowest BCUT2D eigenvalue weighted by atomic mass is 10.3. The number of halogens is 1. The van der Waals surface area contributed by atoms with Crippen molar-refractivity contribution in [2.24, 2.45) is 11.7 Å². The van der Waals surface area contributed by atoms with Gasteiger partial charge < -0.3 is 5.73 Å². The van der Waals surface area contributed by atoms with E-state index in [9.17, 15) is 12.8 Å². The van der Waals surface area contributed by atoms with Gasteiger partial charge in [-0.05, 0) is 36.3 Å². The lowest BCUT2D eigenvalue weighted by Crippen LogP contribution is -2.11. The summed E-state index contributed by atoms with van der Waals surface area (Å²) in [6, 6.07) is 6.55. The molecule has 0 amide bonds. The third-order valence-electron chi connectivity index (χ3n) is 2.45. The van der Waals surface area contributed by atoms with Crippen molar-refractivity contribution in [1.82, 2.24) is 0 Å². The second-order valence-electron chi connectivity index (χ2n) is 4.82. The SMILES string of the molecule is CC(C)CS(=O)(=O)c1ccc(SC/C(F)=C\CN)cc1. The van der Waals surface area contributed by atoms with E-state index in [0.717, 1.165) is 4.90 Å². The fourth-order valence-electron chi connectivity index (χ4n) is 1.62. The molecule has 2 N–H and O–H groups in total. The summed E-state index contributed by atoms with van der Waals surface area (Å²) in [6.45, 7) is 3.92. The molecule has 0 saturated carbocycles. The van der Waals surface area contributed by atoms with Gasteiger partial charge in [0.2, 0.25) is 0 Å². The van der Waals surface area contributed by atoms with Crippen LogP contribution in [0.25, 0.3) is 0 Å². The van der Waals surface area contributed by atoms with Crippen molar-refractivity contribution in [3.63, 3.8) is 0 Å². The average Bonchev–Trinajstić information content (AvgIpc) is 2.36. The fourth-order valence-corrected chi connectivity index (χ4v) is 3.99. The topological polar surface area (TPSA) is 60.2 Å². The zero-order valence-corrected chi connectivity index (χ0v) is 13.3. The normalized spacial score (nSPS) is 12.9. The first-order valence-electron chi connectivity index (χ1n) is 6.35. The Bertz CT molecular complexity index is 551. The van der Waals surface area contributed by atoms with Gasteiger partial charge in [-0.25, -0.2) is 12.8 Å². The third kappa shape index (κ3) is 5.64. The van der Waals surface area contributed by atoms with E-state index in [0.29, 0.717) is 4.90 Å². The largest absolute Gasteiger partial charge is 0.327 e. The first-order valence-corrected chi connectivity index (χ1v) is 8.99. The maximum atomic E-state index is 13.2. The van der Waals surface area contributed by atoms with Gasteiger partial charge >= 0.3 is 0 Å². The van der Waals surface area contributed by atoms with Crippen LogP contribution < -0.4 is 5.73 Å². The van der Waals surface area contributed by atoms with Gasteiger partial charge in [0.1, 0.15) is 5.83 Å². The predicted molar refractivity (Wildman–Crippen MR) is 82.3 cm³/mol. The molecule has 112 valence electrons. The Labute approximate surface area is 124 Å². The molecule has 1 aromatic carbocycles. The van der Waals surface area contributed by atoms with Crippen molar-refractivity contribution in [1.29, 1.82) is 0 Å². The highest BCUT2D eigenvalue weighted by molar-refractivity contribution is 7.99. The number of hydrogen-bond donors (Lipinski definition) is 1. The van der Waals surface area contributed by atoms with Crippen molar-refractivity contribution in [3.05, 3.63) is 36.2 Å². The zero-order chi connectivity index (χ0) is 15.2. The number of thioether (sulfide) groups is 1. The zero-order valence-electron chi connectivity index (χ0n) is 11.7. The molecule has 0 fully saturated rings. The number of benzene rings is 1. The van der Waals surface area contributed by atoms with Gasteiger partial charge in [0.05, 0.1) is 10.6 Å². The summed E-state index contributed by atoms with van der Waals surface area (Å²) in [7, 11) is -3.23. The van der Waals surface area contributed by atoms with Crippen molar-refractivity contribution >= 4 is 21.6 Å². The molecular weight excluding hydrogens is 297 g/mol. The van der Waals surface area contributed by atoms with Crippen LogP contribution in [-0.4, -0.2) is 26.5 Å². The van der Waals surface area contributed by atoms with E-state index < -0.39 is 9.84 Å². The quantitative estimate of drug-likeness (QED) is 0.785. The van der Waals surface area contributed by atoms with Crippen LogP contribution >= 0.6 is 11.8 Å². The summed E-state index contributed by atoms with van der Waals surface area (Å²) >= 11 is 1.31. The summed E-state index contributed by atoms with van der Waals surface area (Å²) in [6.07, 6.45) is 1.33. The van der Waals surface area contributed by atoms with E-state index in [4.69, 9.17) is 5.73 Å². The standard InChI is InChI=1S/C14H20FNO2S2/c1-11(2)10-20(17,18)14-5-3-13(4-6-14)19-9-12(15)7-8-16/h3-7,11H,8-10,16H2,1-2H3/b12-7+. The summed E-state index contributed by atoms with van der Waals surface area (Å²) in [5.74, 6) is 0.154. The van der Waals surface area contributed by atoms with Crippen molar-refractivity contribution in [2.45, 2.75) is 23.6 Å². The van der Waals surface area contributed by atoms with Crippen LogP contribution in [0.15, 0.2) is 46.0 Å². The monoisotopic (exact) mass is 317 g/mol. The molecule has 1 rings (SSSR count). The van der Waals surface area contributed by atoms with Gasteiger partial charge in [-0.1, -0.05) is 13.8 Å². The summed E-state index contributed by atoms with van der Waals surface area (Å²) < 4.78 is 37.2. The Morgan fingerprint density at radius 2 is 1.95 bits per heavy atom. The Morgan fingerprint density at radius 1 is 1.35 bits per heavy atom. The Morgan fingerprint density at radius 3 is 2.45 bits per heavy atom. The molecule has 6 heteroatoms.